The van der Waals surface area contributed by atoms with E-state index >= 15 is 0 Å². The van der Waals surface area contributed by atoms with Crippen LogP contribution in [0.4, 0.5) is 0 Å². The topological polar surface area (TPSA) is 72.8 Å². The van der Waals surface area contributed by atoms with Gasteiger partial charge in [0.05, 0.1) is 20.6 Å². The van der Waals surface area contributed by atoms with Gasteiger partial charge in [-0.15, -0.1) is 0 Å². The van der Waals surface area contributed by atoms with Gasteiger partial charge in [-0.3, -0.25) is 4.79 Å². The van der Waals surface area contributed by atoms with Crippen LogP contribution in [0.2, 0.25) is 0 Å². The SMILES string of the molecule is COC(=O)CCSCc1ccc(OC)c(C=CC(=O)O)c1. The van der Waals surface area contributed by atoms with Gasteiger partial charge in [0.15, 0.2) is 0 Å². The highest BCUT2D eigenvalue weighted by atomic mass is 32.2. The van der Waals surface area contributed by atoms with Crippen LogP contribution in [0.1, 0.15) is 17.5 Å². The molecule has 0 saturated carbocycles. The highest BCUT2D eigenvalue weighted by molar-refractivity contribution is 7.98. The quantitative estimate of drug-likeness (QED) is 0.452. The minimum Gasteiger partial charge on any atom is -0.496 e. The van der Waals surface area contributed by atoms with Crippen LogP contribution in [-0.4, -0.2) is 37.0 Å². The van der Waals surface area contributed by atoms with Gasteiger partial charge in [0.25, 0.3) is 0 Å². The molecule has 0 aliphatic heterocycles. The molecular weight excluding hydrogens is 292 g/mol. The first-order valence-corrected chi connectivity index (χ1v) is 7.44. The van der Waals surface area contributed by atoms with Gasteiger partial charge in [0.1, 0.15) is 5.75 Å². The van der Waals surface area contributed by atoms with Crippen molar-refractivity contribution in [1.82, 2.24) is 0 Å². The Balaban J connectivity index is 2.65. The molecule has 0 aliphatic rings. The molecule has 0 amide bonds. The number of hydrogen-bond acceptors (Lipinski definition) is 5. The van der Waals surface area contributed by atoms with Crippen molar-refractivity contribution in [2.45, 2.75) is 12.2 Å². The third kappa shape index (κ3) is 6.35. The first-order valence-electron chi connectivity index (χ1n) is 6.29. The zero-order chi connectivity index (χ0) is 15.7. The summed E-state index contributed by atoms with van der Waals surface area (Å²) in [5, 5.41) is 8.68. The number of thioether (sulfide) groups is 1. The molecule has 0 spiro atoms. The summed E-state index contributed by atoms with van der Waals surface area (Å²) < 4.78 is 9.76. The highest BCUT2D eigenvalue weighted by Gasteiger charge is 2.04. The first-order chi connectivity index (χ1) is 10.1. The van der Waals surface area contributed by atoms with Gasteiger partial charge in [0.2, 0.25) is 0 Å². The van der Waals surface area contributed by atoms with Crippen molar-refractivity contribution in [3.63, 3.8) is 0 Å². The maximum Gasteiger partial charge on any atom is 0.328 e. The predicted octanol–water partition coefficient (Wildman–Crippen LogP) is 2.59. The largest absolute Gasteiger partial charge is 0.496 e. The molecule has 0 aliphatic carbocycles. The number of hydrogen-bond donors (Lipinski definition) is 1. The van der Waals surface area contributed by atoms with Crippen molar-refractivity contribution in [2.75, 3.05) is 20.0 Å². The molecule has 6 heteroatoms. The lowest BCUT2D eigenvalue weighted by atomic mass is 10.1. The first kappa shape index (κ1) is 17.1. The molecule has 0 saturated heterocycles. The van der Waals surface area contributed by atoms with Crippen LogP contribution >= 0.6 is 11.8 Å². The van der Waals surface area contributed by atoms with E-state index in [1.165, 1.54) is 20.3 Å². The van der Waals surface area contributed by atoms with E-state index in [2.05, 4.69) is 4.74 Å². The predicted molar refractivity (Wildman–Crippen MR) is 82.5 cm³/mol. The molecular formula is C15H18O5S. The molecule has 0 bridgehead atoms. The van der Waals surface area contributed by atoms with Gasteiger partial charge in [-0.25, -0.2) is 4.79 Å². The fourth-order valence-corrected chi connectivity index (χ4v) is 2.48. The molecule has 1 aromatic carbocycles. The maximum absolute atomic E-state index is 11.0. The van der Waals surface area contributed by atoms with Gasteiger partial charge in [-0.1, -0.05) is 6.07 Å². The lowest BCUT2D eigenvalue weighted by Crippen LogP contribution is -2.01. The number of methoxy groups -OCH3 is 2. The summed E-state index contributed by atoms with van der Waals surface area (Å²) in [5.41, 5.74) is 1.75. The van der Waals surface area contributed by atoms with E-state index < -0.39 is 5.97 Å². The van der Waals surface area contributed by atoms with E-state index in [-0.39, 0.29) is 5.97 Å². The van der Waals surface area contributed by atoms with Crippen molar-refractivity contribution in [3.05, 3.63) is 35.4 Å². The second-order valence-electron chi connectivity index (χ2n) is 4.13. The Labute approximate surface area is 127 Å². The maximum atomic E-state index is 11.0. The molecule has 1 rings (SSSR count). The fourth-order valence-electron chi connectivity index (χ4n) is 1.61. The number of aliphatic carboxylic acids is 1. The molecule has 0 unspecified atom stereocenters. The average Bonchev–Trinajstić information content (AvgIpc) is 2.49. The van der Waals surface area contributed by atoms with Gasteiger partial charge in [0, 0.05) is 23.1 Å². The Morgan fingerprint density at radius 1 is 1.33 bits per heavy atom. The molecule has 5 nitrogen and oxygen atoms in total. The summed E-state index contributed by atoms with van der Waals surface area (Å²) in [5.74, 6) is 0.807. The van der Waals surface area contributed by atoms with Crippen LogP contribution in [0.5, 0.6) is 5.75 Å². The number of esters is 1. The van der Waals surface area contributed by atoms with E-state index in [0.717, 1.165) is 17.4 Å². The molecule has 0 heterocycles. The standard InChI is InChI=1S/C15H18O5S/c1-19-13-5-3-11(9-12(13)4-6-14(16)17)10-21-8-7-15(18)20-2/h3-6,9H,7-8,10H2,1-2H3,(H,16,17). The Morgan fingerprint density at radius 3 is 2.71 bits per heavy atom. The second kappa shape index (κ2) is 9.07. The summed E-state index contributed by atoms with van der Waals surface area (Å²) in [4.78, 5) is 21.6. The van der Waals surface area contributed by atoms with E-state index in [1.807, 2.05) is 12.1 Å². The molecule has 21 heavy (non-hydrogen) atoms. The minimum atomic E-state index is -1.00. The summed E-state index contributed by atoms with van der Waals surface area (Å²) in [6, 6.07) is 5.60. The van der Waals surface area contributed by atoms with Crippen molar-refractivity contribution < 1.29 is 24.2 Å². The van der Waals surface area contributed by atoms with E-state index in [9.17, 15) is 9.59 Å². The number of carbonyl (C=O) groups is 2. The van der Waals surface area contributed by atoms with Crippen LogP contribution < -0.4 is 4.74 Å². The Hall–Kier alpha value is -1.95. The number of carbonyl (C=O) groups excluding carboxylic acids is 1. The Kier molecular flexibility index (Phi) is 7.39. The van der Waals surface area contributed by atoms with Gasteiger partial charge < -0.3 is 14.6 Å². The van der Waals surface area contributed by atoms with Crippen LogP contribution in [0, 0.1) is 0 Å². The number of ether oxygens (including phenoxy) is 2. The van der Waals surface area contributed by atoms with Crippen molar-refractivity contribution in [1.29, 1.82) is 0 Å². The van der Waals surface area contributed by atoms with Gasteiger partial charge in [-0.05, 0) is 23.8 Å². The minimum absolute atomic E-state index is 0.220. The Bertz CT molecular complexity index is 525. The smallest absolute Gasteiger partial charge is 0.328 e. The summed E-state index contributed by atoms with van der Waals surface area (Å²) in [7, 11) is 2.91. The molecule has 0 aromatic heterocycles. The number of benzene rings is 1. The second-order valence-corrected chi connectivity index (χ2v) is 5.23. The number of carboxylic acids is 1. The Morgan fingerprint density at radius 2 is 2.10 bits per heavy atom. The monoisotopic (exact) mass is 310 g/mol. The normalized spacial score (nSPS) is 10.6. The lowest BCUT2D eigenvalue weighted by Gasteiger charge is -2.08. The van der Waals surface area contributed by atoms with Crippen LogP contribution in [-0.2, 0) is 20.1 Å². The number of rotatable bonds is 8. The van der Waals surface area contributed by atoms with Crippen molar-refractivity contribution in [3.8, 4) is 5.75 Å². The van der Waals surface area contributed by atoms with E-state index in [4.69, 9.17) is 9.84 Å². The van der Waals surface area contributed by atoms with Crippen LogP contribution in [0.25, 0.3) is 6.08 Å². The van der Waals surface area contributed by atoms with Crippen molar-refractivity contribution in [2.24, 2.45) is 0 Å². The average molecular weight is 310 g/mol. The third-order valence-electron chi connectivity index (χ3n) is 2.65. The van der Waals surface area contributed by atoms with Gasteiger partial charge >= 0.3 is 11.9 Å². The number of carboxylic acid groups (broad SMARTS) is 1. The summed E-state index contributed by atoms with van der Waals surface area (Å²) in [6.45, 7) is 0. The zero-order valence-corrected chi connectivity index (χ0v) is 12.8. The fraction of sp³-hybridized carbons (Fsp3) is 0.333. The van der Waals surface area contributed by atoms with Crippen LogP contribution in [0.3, 0.4) is 0 Å². The zero-order valence-electron chi connectivity index (χ0n) is 12.0. The van der Waals surface area contributed by atoms with E-state index in [0.29, 0.717) is 23.5 Å². The highest BCUT2D eigenvalue weighted by Crippen LogP contribution is 2.24. The molecule has 1 N–H and O–H groups in total. The van der Waals surface area contributed by atoms with Crippen LogP contribution in [0.15, 0.2) is 24.3 Å². The van der Waals surface area contributed by atoms with Crippen molar-refractivity contribution >= 4 is 29.8 Å². The van der Waals surface area contributed by atoms with Gasteiger partial charge in [-0.2, -0.15) is 11.8 Å². The lowest BCUT2D eigenvalue weighted by molar-refractivity contribution is -0.140. The molecule has 0 fully saturated rings. The third-order valence-corrected chi connectivity index (χ3v) is 3.68. The van der Waals surface area contributed by atoms with E-state index in [1.54, 1.807) is 17.8 Å². The summed E-state index contributed by atoms with van der Waals surface area (Å²) >= 11 is 1.61. The summed E-state index contributed by atoms with van der Waals surface area (Å²) in [6.07, 6.45) is 2.96. The molecule has 1 aromatic rings. The molecule has 0 atom stereocenters. The molecule has 114 valence electrons. The molecule has 0 radical (unpaired) electrons.